The molecule has 0 bridgehead atoms. The molecule has 0 saturated carbocycles. The number of carbonyl (C=O) groups excluding carboxylic acids is 1. The van der Waals surface area contributed by atoms with Crippen molar-refractivity contribution < 1.29 is 13.9 Å². The van der Waals surface area contributed by atoms with E-state index in [1.165, 1.54) is 13.0 Å². The summed E-state index contributed by atoms with van der Waals surface area (Å²) < 4.78 is 19.4. The molecule has 2 aromatic rings. The molecule has 0 aliphatic heterocycles. The molecular weight excluding hydrogens is 305 g/mol. The van der Waals surface area contributed by atoms with Gasteiger partial charge in [0.25, 0.3) is 0 Å². The van der Waals surface area contributed by atoms with Gasteiger partial charge >= 0.3 is 0 Å². The smallest absolute Gasteiger partial charge is 0.164 e. The number of hydrogen-bond acceptors (Lipinski definition) is 3. The predicted molar refractivity (Wildman–Crippen MR) is 86.6 cm³/mol. The van der Waals surface area contributed by atoms with Gasteiger partial charge in [0.2, 0.25) is 0 Å². The van der Waals surface area contributed by atoms with Gasteiger partial charge in [0, 0.05) is 12.1 Å². The van der Waals surface area contributed by atoms with E-state index in [2.05, 4.69) is 0 Å². The quantitative estimate of drug-likeness (QED) is 0.747. The summed E-state index contributed by atoms with van der Waals surface area (Å²) in [6, 6.07) is 11.7. The molecule has 0 spiro atoms. The van der Waals surface area contributed by atoms with Gasteiger partial charge in [0.15, 0.2) is 5.78 Å². The van der Waals surface area contributed by atoms with Crippen LogP contribution >= 0.6 is 11.6 Å². The summed E-state index contributed by atoms with van der Waals surface area (Å²) in [5.41, 5.74) is 0.662. The van der Waals surface area contributed by atoms with E-state index < -0.39 is 5.82 Å². The molecule has 22 heavy (non-hydrogen) atoms. The second-order valence-corrected chi connectivity index (χ2v) is 5.35. The molecule has 0 radical (unpaired) electrons. The van der Waals surface area contributed by atoms with Crippen LogP contribution in [0, 0.1) is 5.82 Å². The number of hydrogen-bond donors (Lipinski definition) is 0. The Bertz CT molecular complexity index is 675. The van der Waals surface area contributed by atoms with Crippen LogP contribution in [0.5, 0.6) is 5.75 Å². The fraction of sp³-hybridized carbons (Fsp3) is 0.235. The fourth-order valence-electron chi connectivity index (χ4n) is 2.16. The third kappa shape index (κ3) is 3.98. The second-order valence-electron chi connectivity index (χ2n) is 4.92. The van der Waals surface area contributed by atoms with E-state index in [4.69, 9.17) is 16.3 Å². The van der Waals surface area contributed by atoms with Gasteiger partial charge in [-0.25, -0.2) is 4.39 Å². The molecule has 0 unspecified atom stereocenters. The highest BCUT2D eigenvalue weighted by molar-refractivity contribution is 6.30. The van der Waals surface area contributed by atoms with Crippen molar-refractivity contribution in [2.24, 2.45) is 0 Å². The van der Waals surface area contributed by atoms with E-state index in [-0.39, 0.29) is 11.3 Å². The van der Waals surface area contributed by atoms with Crippen LogP contribution in [0.4, 0.5) is 10.1 Å². The third-order valence-corrected chi connectivity index (χ3v) is 3.48. The summed E-state index contributed by atoms with van der Waals surface area (Å²) in [7, 11) is 1.79. The first kappa shape index (κ1) is 16.3. The van der Waals surface area contributed by atoms with Crippen LogP contribution in [-0.4, -0.2) is 26.0 Å². The number of carbonyl (C=O) groups is 1. The van der Waals surface area contributed by atoms with E-state index >= 15 is 0 Å². The summed E-state index contributed by atoms with van der Waals surface area (Å²) in [6.07, 6.45) is 0. The van der Waals surface area contributed by atoms with Gasteiger partial charge in [0.05, 0.1) is 17.8 Å². The predicted octanol–water partition coefficient (Wildman–Crippen LogP) is 4.20. The SMILES string of the molecule is CC(=O)c1c(F)cccc1N(C)CCOc1cccc(Cl)c1. The fourth-order valence-corrected chi connectivity index (χ4v) is 2.34. The Labute approximate surface area is 134 Å². The number of halogens is 2. The lowest BCUT2D eigenvalue weighted by Gasteiger charge is -2.22. The van der Waals surface area contributed by atoms with E-state index in [1.807, 2.05) is 12.1 Å². The number of likely N-dealkylation sites (N-methyl/N-ethyl adjacent to an activating group) is 1. The summed E-state index contributed by atoms with van der Waals surface area (Å²) in [6.45, 7) is 2.26. The normalized spacial score (nSPS) is 10.4. The summed E-state index contributed by atoms with van der Waals surface area (Å²) in [5, 5.41) is 0.606. The minimum atomic E-state index is -0.507. The third-order valence-electron chi connectivity index (χ3n) is 3.25. The minimum Gasteiger partial charge on any atom is -0.492 e. The molecule has 2 rings (SSSR count). The molecule has 3 nitrogen and oxygen atoms in total. The molecule has 116 valence electrons. The van der Waals surface area contributed by atoms with E-state index in [0.29, 0.717) is 29.6 Å². The summed E-state index contributed by atoms with van der Waals surface area (Å²) in [5.74, 6) is -0.129. The lowest BCUT2D eigenvalue weighted by Crippen LogP contribution is -2.25. The van der Waals surface area contributed by atoms with Crippen LogP contribution in [-0.2, 0) is 0 Å². The van der Waals surface area contributed by atoms with E-state index in [0.717, 1.165) is 0 Å². The number of anilines is 1. The van der Waals surface area contributed by atoms with Crippen molar-refractivity contribution in [1.82, 2.24) is 0 Å². The molecule has 0 N–H and O–H groups in total. The number of benzene rings is 2. The number of ketones is 1. The first-order valence-electron chi connectivity index (χ1n) is 6.88. The molecule has 5 heteroatoms. The van der Waals surface area contributed by atoms with Crippen molar-refractivity contribution in [1.29, 1.82) is 0 Å². The average molecular weight is 322 g/mol. The van der Waals surface area contributed by atoms with Gasteiger partial charge in [0.1, 0.15) is 18.2 Å². The molecular formula is C17H17ClFNO2. The van der Waals surface area contributed by atoms with E-state index in [1.54, 1.807) is 36.2 Å². The van der Waals surface area contributed by atoms with Crippen molar-refractivity contribution in [2.45, 2.75) is 6.92 Å². The number of nitrogens with zero attached hydrogens (tertiary/aromatic N) is 1. The molecule has 0 amide bonds. The van der Waals surface area contributed by atoms with Crippen LogP contribution in [0.25, 0.3) is 0 Å². The lowest BCUT2D eigenvalue weighted by atomic mass is 10.1. The largest absolute Gasteiger partial charge is 0.492 e. The molecule has 2 aromatic carbocycles. The second kappa shape index (κ2) is 7.27. The Morgan fingerprint density at radius 3 is 2.68 bits per heavy atom. The Kier molecular flexibility index (Phi) is 5.39. The molecule has 0 aliphatic rings. The zero-order chi connectivity index (χ0) is 16.1. The van der Waals surface area contributed by atoms with Crippen molar-refractivity contribution >= 4 is 23.1 Å². The highest BCUT2D eigenvalue weighted by Gasteiger charge is 2.15. The Balaban J connectivity index is 2.02. The Hall–Kier alpha value is -2.07. The molecule has 0 atom stereocenters. The zero-order valence-electron chi connectivity index (χ0n) is 12.5. The number of rotatable bonds is 6. The molecule has 0 saturated heterocycles. The monoisotopic (exact) mass is 321 g/mol. The Morgan fingerprint density at radius 2 is 2.00 bits per heavy atom. The Morgan fingerprint density at radius 1 is 1.27 bits per heavy atom. The van der Waals surface area contributed by atoms with Crippen molar-refractivity contribution in [2.75, 3.05) is 25.1 Å². The zero-order valence-corrected chi connectivity index (χ0v) is 13.2. The van der Waals surface area contributed by atoms with Crippen LogP contribution in [0.1, 0.15) is 17.3 Å². The maximum Gasteiger partial charge on any atom is 0.164 e. The number of ether oxygens (including phenoxy) is 1. The van der Waals surface area contributed by atoms with E-state index in [9.17, 15) is 9.18 Å². The lowest BCUT2D eigenvalue weighted by molar-refractivity contribution is 0.101. The minimum absolute atomic E-state index is 0.104. The van der Waals surface area contributed by atoms with Gasteiger partial charge in [-0.1, -0.05) is 23.7 Å². The van der Waals surface area contributed by atoms with Crippen molar-refractivity contribution in [3.05, 3.63) is 58.9 Å². The standard InChI is InChI=1S/C17H17ClFNO2/c1-12(21)17-15(19)7-4-8-16(17)20(2)9-10-22-14-6-3-5-13(18)11-14/h3-8,11H,9-10H2,1-2H3. The summed E-state index contributed by atoms with van der Waals surface area (Å²) >= 11 is 5.89. The maximum atomic E-state index is 13.8. The van der Waals surface area contributed by atoms with Gasteiger partial charge in [-0.3, -0.25) is 4.79 Å². The molecule has 0 fully saturated rings. The van der Waals surface area contributed by atoms with Crippen LogP contribution in [0.15, 0.2) is 42.5 Å². The van der Waals surface area contributed by atoms with Crippen LogP contribution in [0.2, 0.25) is 5.02 Å². The number of Topliss-reactive ketones (excluding diaryl/α,β-unsaturated/α-hetero) is 1. The maximum absolute atomic E-state index is 13.8. The van der Waals surface area contributed by atoms with Gasteiger partial charge in [-0.15, -0.1) is 0 Å². The van der Waals surface area contributed by atoms with Crippen LogP contribution < -0.4 is 9.64 Å². The first-order chi connectivity index (χ1) is 10.5. The van der Waals surface area contributed by atoms with Crippen molar-refractivity contribution in [3.63, 3.8) is 0 Å². The molecule has 0 heterocycles. The average Bonchev–Trinajstić information content (AvgIpc) is 2.46. The molecule has 0 aliphatic carbocycles. The topological polar surface area (TPSA) is 29.5 Å². The first-order valence-corrected chi connectivity index (χ1v) is 7.26. The van der Waals surface area contributed by atoms with Gasteiger partial charge < -0.3 is 9.64 Å². The van der Waals surface area contributed by atoms with Gasteiger partial charge in [-0.05, 0) is 37.3 Å². The highest BCUT2D eigenvalue weighted by atomic mass is 35.5. The summed E-state index contributed by atoms with van der Waals surface area (Å²) in [4.78, 5) is 13.4. The van der Waals surface area contributed by atoms with Gasteiger partial charge in [-0.2, -0.15) is 0 Å². The highest BCUT2D eigenvalue weighted by Crippen LogP contribution is 2.23. The van der Waals surface area contributed by atoms with Crippen molar-refractivity contribution in [3.8, 4) is 5.75 Å². The molecule has 0 aromatic heterocycles. The van der Waals surface area contributed by atoms with Crippen LogP contribution in [0.3, 0.4) is 0 Å².